The van der Waals surface area contributed by atoms with Gasteiger partial charge in [0.15, 0.2) is 0 Å². The fraction of sp³-hybridized carbons (Fsp3) is 0.600. The zero-order valence-corrected chi connectivity index (χ0v) is 10.1. The Kier molecular flexibility index (Phi) is 2.72. The van der Waals surface area contributed by atoms with Gasteiger partial charge in [0.1, 0.15) is 0 Å². The van der Waals surface area contributed by atoms with Crippen LogP contribution in [0, 0.1) is 5.92 Å². The quantitative estimate of drug-likeness (QED) is 0.795. The summed E-state index contributed by atoms with van der Waals surface area (Å²) in [6, 6.07) is 9.35. The first-order valence-corrected chi connectivity index (χ1v) is 6.69. The van der Waals surface area contributed by atoms with Crippen LogP contribution in [0.2, 0.25) is 0 Å². The maximum Gasteiger partial charge on any atom is -0.00146 e. The van der Waals surface area contributed by atoms with Gasteiger partial charge in [-0.3, -0.25) is 0 Å². The Bertz CT molecular complexity index is 367. The van der Waals surface area contributed by atoms with Crippen LogP contribution in [-0.2, 0) is 0 Å². The molecule has 0 aliphatic heterocycles. The average Bonchev–Trinajstić information content (AvgIpc) is 3.18. The second-order valence-corrected chi connectivity index (χ2v) is 5.35. The highest BCUT2D eigenvalue weighted by Crippen LogP contribution is 2.48. The van der Waals surface area contributed by atoms with Crippen molar-refractivity contribution in [2.45, 2.75) is 38.0 Å². The van der Waals surface area contributed by atoms with Gasteiger partial charge in [0, 0.05) is 0 Å². The lowest BCUT2D eigenvalue weighted by Gasteiger charge is -2.04. The molecule has 2 atom stereocenters. The minimum atomic E-state index is 0.845. The molecule has 2 fully saturated rings. The van der Waals surface area contributed by atoms with E-state index in [1.807, 2.05) is 0 Å². The third kappa shape index (κ3) is 2.15. The zero-order valence-electron chi connectivity index (χ0n) is 10.1. The highest BCUT2D eigenvalue weighted by atomic mass is 14.9. The maximum atomic E-state index is 3.46. The van der Waals surface area contributed by atoms with E-state index in [9.17, 15) is 0 Å². The van der Waals surface area contributed by atoms with E-state index >= 15 is 0 Å². The molecule has 0 spiro atoms. The lowest BCUT2D eigenvalue weighted by Crippen LogP contribution is -2.16. The van der Waals surface area contributed by atoms with Gasteiger partial charge in [-0.2, -0.15) is 0 Å². The predicted octanol–water partition coefficient (Wildman–Crippen LogP) is 3.28. The molecule has 86 valence electrons. The Hall–Kier alpha value is -0.820. The van der Waals surface area contributed by atoms with E-state index in [1.165, 1.54) is 25.8 Å². The van der Waals surface area contributed by atoms with Crippen LogP contribution in [0.5, 0.6) is 0 Å². The second-order valence-electron chi connectivity index (χ2n) is 5.35. The van der Waals surface area contributed by atoms with Crippen LogP contribution in [0.3, 0.4) is 0 Å². The highest BCUT2D eigenvalue weighted by molar-refractivity contribution is 5.34. The summed E-state index contributed by atoms with van der Waals surface area (Å²) in [7, 11) is 0. The largest absolute Gasteiger partial charge is 0.317 e. The minimum Gasteiger partial charge on any atom is -0.317 e. The lowest BCUT2D eigenvalue weighted by molar-refractivity contribution is 0.649. The first kappa shape index (κ1) is 10.3. The fourth-order valence-electron chi connectivity index (χ4n) is 2.67. The van der Waals surface area contributed by atoms with Gasteiger partial charge in [0.2, 0.25) is 0 Å². The van der Waals surface area contributed by atoms with Gasteiger partial charge in [0.25, 0.3) is 0 Å². The number of hydrogen-bond acceptors (Lipinski definition) is 1. The fourth-order valence-corrected chi connectivity index (χ4v) is 2.67. The summed E-state index contributed by atoms with van der Waals surface area (Å²) >= 11 is 0. The molecule has 2 aliphatic carbocycles. The molecule has 0 amide bonds. The highest BCUT2D eigenvalue weighted by Gasteiger charge is 2.38. The molecule has 2 saturated carbocycles. The summed E-state index contributed by atoms with van der Waals surface area (Å²) in [4.78, 5) is 0. The van der Waals surface area contributed by atoms with E-state index in [-0.39, 0.29) is 0 Å². The molecule has 16 heavy (non-hydrogen) atoms. The third-order valence-electron chi connectivity index (χ3n) is 3.97. The Balaban J connectivity index is 1.64. The van der Waals surface area contributed by atoms with Crippen molar-refractivity contribution in [3.63, 3.8) is 0 Å². The van der Waals surface area contributed by atoms with E-state index in [4.69, 9.17) is 0 Å². The molecule has 3 rings (SSSR count). The van der Waals surface area contributed by atoms with Gasteiger partial charge in [-0.15, -0.1) is 0 Å². The standard InChI is InChI=1S/C15H21N/c1-2-16-10-14-9-15(14)13-5-3-4-12(8-13)11-6-7-11/h3-5,8,11,14-16H,2,6-7,9-10H2,1H3. The first-order valence-electron chi connectivity index (χ1n) is 6.69. The third-order valence-corrected chi connectivity index (χ3v) is 3.97. The van der Waals surface area contributed by atoms with Crippen molar-refractivity contribution >= 4 is 0 Å². The predicted molar refractivity (Wildman–Crippen MR) is 67.8 cm³/mol. The van der Waals surface area contributed by atoms with E-state index in [1.54, 1.807) is 11.1 Å². The normalized spacial score (nSPS) is 28.1. The Labute approximate surface area is 98.3 Å². The molecule has 1 heteroatoms. The molecule has 1 aromatic rings. The van der Waals surface area contributed by atoms with Crippen LogP contribution in [0.4, 0.5) is 0 Å². The van der Waals surface area contributed by atoms with Crippen molar-refractivity contribution in [3.05, 3.63) is 35.4 Å². The maximum absolute atomic E-state index is 3.46. The molecule has 1 N–H and O–H groups in total. The van der Waals surface area contributed by atoms with Gasteiger partial charge in [0.05, 0.1) is 0 Å². The van der Waals surface area contributed by atoms with E-state index < -0.39 is 0 Å². The molecule has 1 nitrogen and oxygen atoms in total. The van der Waals surface area contributed by atoms with Gasteiger partial charge in [-0.05, 0) is 61.2 Å². The van der Waals surface area contributed by atoms with Gasteiger partial charge < -0.3 is 5.32 Å². The Morgan fingerprint density at radius 3 is 2.81 bits per heavy atom. The van der Waals surface area contributed by atoms with Crippen LogP contribution in [0.15, 0.2) is 24.3 Å². The van der Waals surface area contributed by atoms with E-state index in [0.29, 0.717) is 0 Å². The van der Waals surface area contributed by atoms with Crippen molar-refractivity contribution in [1.29, 1.82) is 0 Å². The summed E-state index contributed by atoms with van der Waals surface area (Å²) in [5.74, 6) is 2.64. The monoisotopic (exact) mass is 215 g/mol. The van der Waals surface area contributed by atoms with Crippen LogP contribution in [0.1, 0.15) is 49.1 Å². The molecular weight excluding hydrogens is 194 g/mol. The number of rotatable bonds is 5. The molecule has 0 bridgehead atoms. The Morgan fingerprint density at radius 2 is 2.06 bits per heavy atom. The topological polar surface area (TPSA) is 12.0 Å². The van der Waals surface area contributed by atoms with Crippen LogP contribution < -0.4 is 5.32 Å². The smallest absolute Gasteiger partial charge is 0.00146 e. The van der Waals surface area contributed by atoms with Gasteiger partial charge in [-0.1, -0.05) is 31.2 Å². The molecule has 0 aromatic heterocycles. The second kappa shape index (κ2) is 4.21. The summed E-state index contributed by atoms with van der Waals surface area (Å²) in [5.41, 5.74) is 3.18. The van der Waals surface area contributed by atoms with Crippen molar-refractivity contribution < 1.29 is 0 Å². The summed E-state index contributed by atoms with van der Waals surface area (Å²) < 4.78 is 0. The Morgan fingerprint density at radius 1 is 1.25 bits per heavy atom. The van der Waals surface area contributed by atoms with E-state index in [2.05, 4.69) is 36.5 Å². The SMILES string of the molecule is CCNCC1CC1c1cccc(C2CC2)c1. The molecule has 0 heterocycles. The van der Waals surface area contributed by atoms with Crippen LogP contribution in [0.25, 0.3) is 0 Å². The van der Waals surface area contributed by atoms with Gasteiger partial charge in [-0.25, -0.2) is 0 Å². The lowest BCUT2D eigenvalue weighted by atomic mass is 10.0. The zero-order chi connectivity index (χ0) is 11.0. The number of nitrogens with one attached hydrogen (secondary N) is 1. The molecular formula is C15H21N. The average molecular weight is 215 g/mol. The molecule has 2 unspecified atom stereocenters. The van der Waals surface area contributed by atoms with Crippen LogP contribution in [-0.4, -0.2) is 13.1 Å². The van der Waals surface area contributed by atoms with Crippen LogP contribution >= 0.6 is 0 Å². The number of hydrogen-bond donors (Lipinski definition) is 1. The first-order chi connectivity index (χ1) is 7.88. The van der Waals surface area contributed by atoms with Crippen molar-refractivity contribution in [2.24, 2.45) is 5.92 Å². The minimum absolute atomic E-state index is 0.845. The van der Waals surface area contributed by atoms with E-state index in [0.717, 1.165) is 24.3 Å². The molecule has 2 aliphatic rings. The van der Waals surface area contributed by atoms with Crippen molar-refractivity contribution in [2.75, 3.05) is 13.1 Å². The van der Waals surface area contributed by atoms with Gasteiger partial charge >= 0.3 is 0 Å². The summed E-state index contributed by atoms with van der Waals surface area (Å²) in [5, 5.41) is 3.46. The molecule has 0 radical (unpaired) electrons. The van der Waals surface area contributed by atoms with Crippen molar-refractivity contribution in [3.8, 4) is 0 Å². The molecule has 0 saturated heterocycles. The van der Waals surface area contributed by atoms with Crippen molar-refractivity contribution in [1.82, 2.24) is 5.32 Å². The molecule has 1 aromatic carbocycles. The summed E-state index contributed by atoms with van der Waals surface area (Å²) in [6.07, 6.45) is 4.21. The number of benzene rings is 1. The summed E-state index contributed by atoms with van der Waals surface area (Å²) in [6.45, 7) is 4.49.